The van der Waals surface area contributed by atoms with Crippen molar-refractivity contribution in [3.05, 3.63) is 74.9 Å². The highest BCUT2D eigenvalue weighted by atomic mass is 16.4. The summed E-state index contributed by atoms with van der Waals surface area (Å²) < 4.78 is 1.20. The van der Waals surface area contributed by atoms with Crippen LogP contribution in [0.5, 0.6) is 0 Å². The molecule has 4 rings (SSSR count). The predicted octanol–water partition coefficient (Wildman–Crippen LogP) is 1.95. The monoisotopic (exact) mass is 436 g/mol. The Kier molecular flexibility index (Phi) is 6.14. The number of fused-ring (bicyclic) bond motifs is 1. The standard InChI is InChI=1S/C24H28N4O4/c1-26(2)17-7-5-6-16(14-17)18-10-11-27(15-20(18)23(30)31)12-13-28-22(29)19-8-3-4-9-21(19)25-24(28)32/h3-9,14,18,20H,10-13,15H2,1-2H3,(H,25,32)(H,30,31). The van der Waals surface area contributed by atoms with Crippen LogP contribution >= 0.6 is 0 Å². The molecule has 8 heteroatoms. The highest BCUT2D eigenvalue weighted by molar-refractivity contribution is 5.76. The Bertz CT molecular complexity index is 1250. The van der Waals surface area contributed by atoms with E-state index in [9.17, 15) is 19.5 Å². The number of carboxylic acids is 1. The number of aromatic amines is 1. The molecule has 2 N–H and O–H groups in total. The van der Waals surface area contributed by atoms with Gasteiger partial charge in [0.15, 0.2) is 0 Å². The number of aliphatic carboxylic acids is 1. The zero-order chi connectivity index (χ0) is 22.8. The number of benzene rings is 2. The second-order valence-electron chi connectivity index (χ2n) is 8.56. The van der Waals surface area contributed by atoms with Gasteiger partial charge in [-0.05, 0) is 48.7 Å². The van der Waals surface area contributed by atoms with E-state index >= 15 is 0 Å². The molecule has 0 saturated carbocycles. The topological polar surface area (TPSA) is 98.6 Å². The van der Waals surface area contributed by atoms with Crippen LogP contribution in [0.15, 0.2) is 58.1 Å². The molecule has 168 valence electrons. The second kappa shape index (κ2) is 9.00. The Hall–Kier alpha value is -3.39. The summed E-state index contributed by atoms with van der Waals surface area (Å²) in [5, 5.41) is 10.4. The molecule has 2 heterocycles. The van der Waals surface area contributed by atoms with Crippen LogP contribution < -0.4 is 16.1 Å². The van der Waals surface area contributed by atoms with Gasteiger partial charge < -0.3 is 19.9 Å². The number of H-pyrrole nitrogens is 1. The van der Waals surface area contributed by atoms with Crippen LogP contribution in [-0.2, 0) is 11.3 Å². The van der Waals surface area contributed by atoms with Crippen LogP contribution in [0, 0.1) is 5.92 Å². The fraction of sp³-hybridized carbons (Fsp3) is 0.375. The Labute approximate surface area is 185 Å². The molecule has 2 unspecified atom stereocenters. The Morgan fingerprint density at radius 3 is 2.66 bits per heavy atom. The molecule has 0 spiro atoms. The number of carboxylic acid groups (broad SMARTS) is 1. The number of aromatic nitrogens is 2. The van der Waals surface area contributed by atoms with Gasteiger partial charge in [0.1, 0.15) is 0 Å². The summed E-state index contributed by atoms with van der Waals surface area (Å²) >= 11 is 0. The van der Waals surface area contributed by atoms with Crippen LogP contribution in [0.2, 0.25) is 0 Å². The molecule has 32 heavy (non-hydrogen) atoms. The van der Waals surface area contributed by atoms with Gasteiger partial charge in [0.2, 0.25) is 0 Å². The van der Waals surface area contributed by atoms with Crippen molar-refractivity contribution >= 4 is 22.6 Å². The molecular formula is C24H28N4O4. The number of hydrogen-bond donors (Lipinski definition) is 2. The van der Waals surface area contributed by atoms with Gasteiger partial charge in [0, 0.05) is 39.4 Å². The first-order valence-electron chi connectivity index (χ1n) is 10.8. The van der Waals surface area contributed by atoms with Gasteiger partial charge in [-0.1, -0.05) is 24.3 Å². The van der Waals surface area contributed by atoms with Crippen molar-refractivity contribution in [3.63, 3.8) is 0 Å². The fourth-order valence-electron chi connectivity index (χ4n) is 4.55. The van der Waals surface area contributed by atoms with E-state index in [1.807, 2.05) is 42.1 Å². The summed E-state index contributed by atoms with van der Waals surface area (Å²) in [6, 6.07) is 15.0. The van der Waals surface area contributed by atoms with Crippen LogP contribution in [-0.4, -0.2) is 59.3 Å². The van der Waals surface area contributed by atoms with Crippen LogP contribution in [0.4, 0.5) is 5.69 Å². The zero-order valence-corrected chi connectivity index (χ0v) is 18.3. The van der Waals surface area contributed by atoms with E-state index in [0.29, 0.717) is 37.0 Å². The highest BCUT2D eigenvalue weighted by Gasteiger charge is 2.35. The first kappa shape index (κ1) is 21.8. The lowest BCUT2D eigenvalue weighted by Crippen LogP contribution is -2.46. The summed E-state index contributed by atoms with van der Waals surface area (Å²) in [7, 11) is 3.93. The molecule has 0 bridgehead atoms. The van der Waals surface area contributed by atoms with Crippen LogP contribution in [0.25, 0.3) is 10.9 Å². The van der Waals surface area contributed by atoms with Crippen molar-refractivity contribution in [1.29, 1.82) is 0 Å². The van der Waals surface area contributed by atoms with Gasteiger partial charge in [-0.2, -0.15) is 0 Å². The molecule has 0 aliphatic carbocycles. The largest absolute Gasteiger partial charge is 0.481 e. The van der Waals surface area contributed by atoms with Crippen LogP contribution in [0.1, 0.15) is 17.9 Å². The molecule has 1 aromatic heterocycles. The molecule has 0 amide bonds. The molecule has 2 atom stereocenters. The van der Waals surface area contributed by atoms with E-state index in [-0.39, 0.29) is 18.0 Å². The zero-order valence-electron chi connectivity index (χ0n) is 18.3. The van der Waals surface area contributed by atoms with Gasteiger partial charge in [0.25, 0.3) is 5.56 Å². The van der Waals surface area contributed by atoms with E-state index in [1.54, 1.807) is 24.3 Å². The van der Waals surface area contributed by atoms with E-state index in [2.05, 4.69) is 11.1 Å². The molecular weight excluding hydrogens is 408 g/mol. The van der Waals surface area contributed by atoms with Crippen molar-refractivity contribution in [2.75, 3.05) is 38.6 Å². The van der Waals surface area contributed by atoms with E-state index in [4.69, 9.17) is 0 Å². The molecule has 1 aliphatic heterocycles. The maximum Gasteiger partial charge on any atom is 0.328 e. The number of carbonyl (C=O) groups is 1. The minimum atomic E-state index is -0.823. The third-order valence-corrected chi connectivity index (χ3v) is 6.36. The fourth-order valence-corrected chi connectivity index (χ4v) is 4.55. The van der Waals surface area contributed by atoms with Crippen LogP contribution in [0.3, 0.4) is 0 Å². The van der Waals surface area contributed by atoms with E-state index in [1.165, 1.54) is 4.57 Å². The van der Waals surface area contributed by atoms with Gasteiger partial charge in [-0.15, -0.1) is 0 Å². The average molecular weight is 437 g/mol. The molecule has 8 nitrogen and oxygen atoms in total. The minimum Gasteiger partial charge on any atom is -0.481 e. The maximum atomic E-state index is 12.7. The summed E-state index contributed by atoms with van der Waals surface area (Å²) in [6.45, 7) is 1.75. The quantitative estimate of drug-likeness (QED) is 0.613. The molecule has 2 aromatic carbocycles. The number of piperidine rings is 1. The van der Waals surface area contributed by atoms with Crippen molar-refractivity contribution in [2.24, 2.45) is 5.92 Å². The Balaban J connectivity index is 1.50. The van der Waals surface area contributed by atoms with Gasteiger partial charge in [-0.3, -0.25) is 14.2 Å². The van der Waals surface area contributed by atoms with E-state index < -0.39 is 17.6 Å². The summed E-state index contributed by atoms with van der Waals surface area (Å²) in [6.07, 6.45) is 0.705. The Morgan fingerprint density at radius 1 is 1.12 bits per heavy atom. The summed E-state index contributed by atoms with van der Waals surface area (Å²) in [4.78, 5) is 44.0. The molecule has 1 fully saturated rings. The number of nitrogens with zero attached hydrogens (tertiary/aromatic N) is 3. The number of likely N-dealkylation sites (tertiary alicyclic amines) is 1. The molecule has 1 saturated heterocycles. The number of nitrogens with one attached hydrogen (secondary N) is 1. The molecule has 3 aromatic rings. The predicted molar refractivity (Wildman–Crippen MR) is 125 cm³/mol. The lowest BCUT2D eigenvalue weighted by atomic mass is 9.80. The SMILES string of the molecule is CN(C)c1cccc(C2CCN(CCn3c(=O)[nH]c4ccccc4c3=O)CC2C(=O)O)c1. The Morgan fingerprint density at radius 2 is 1.91 bits per heavy atom. The lowest BCUT2D eigenvalue weighted by molar-refractivity contribution is -0.144. The third-order valence-electron chi connectivity index (χ3n) is 6.36. The summed E-state index contributed by atoms with van der Waals surface area (Å²) in [5.74, 6) is -1.45. The number of hydrogen-bond acceptors (Lipinski definition) is 5. The van der Waals surface area contributed by atoms with Crippen molar-refractivity contribution < 1.29 is 9.90 Å². The van der Waals surface area contributed by atoms with Crippen molar-refractivity contribution in [2.45, 2.75) is 18.9 Å². The minimum absolute atomic E-state index is 0.0737. The van der Waals surface area contributed by atoms with Crippen molar-refractivity contribution in [3.8, 4) is 0 Å². The lowest BCUT2D eigenvalue weighted by Gasteiger charge is -2.37. The van der Waals surface area contributed by atoms with Gasteiger partial charge in [0.05, 0.1) is 16.8 Å². The normalized spacial score (nSPS) is 19.2. The van der Waals surface area contributed by atoms with Crippen molar-refractivity contribution in [1.82, 2.24) is 14.5 Å². The maximum absolute atomic E-state index is 12.7. The number of rotatable bonds is 6. The van der Waals surface area contributed by atoms with Gasteiger partial charge in [-0.25, -0.2) is 4.79 Å². The molecule has 0 radical (unpaired) electrons. The smallest absolute Gasteiger partial charge is 0.328 e. The average Bonchev–Trinajstić information content (AvgIpc) is 2.79. The third kappa shape index (κ3) is 4.31. The number of para-hydroxylation sites is 1. The molecule has 1 aliphatic rings. The first-order chi connectivity index (χ1) is 15.3. The summed E-state index contributed by atoms with van der Waals surface area (Å²) in [5.41, 5.74) is 1.83. The second-order valence-corrected chi connectivity index (χ2v) is 8.56. The van der Waals surface area contributed by atoms with Gasteiger partial charge >= 0.3 is 11.7 Å². The first-order valence-corrected chi connectivity index (χ1v) is 10.8. The van der Waals surface area contributed by atoms with E-state index in [0.717, 1.165) is 11.3 Å². The number of anilines is 1. The highest BCUT2D eigenvalue weighted by Crippen LogP contribution is 2.34.